The van der Waals surface area contributed by atoms with E-state index in [9.17, 15) is 9.50 Å². The summed E-state index contributed by atoms with van der Waals surface area (Å²) in [6, 6.07) is 9.61. The molecule has 2 aromatic rings. The number of benzene rings is 1. The van der Waals surface area contributed by atoms with Gasteiger partial charge in [-0.25, -0.2) is 4.39 Å². The molecule has 0 amide bonds. The van der Waals surface area contributed by atoms with Gasteiger partial charge in [-0.05, 0) is 24.3 Å². The normalized spacial score (nSPS) is 11.9. The van der Waals surface area contributed by atoms with Crippen molar-refractivity contribution in [1.29, 1.82) is 5.26 Å². The summed E-state index contributed by atoms with van der Waals surface area (Å²) in [6.45, 7) is 0.522. The van der Waals surface area contributed by atoms with E-state index in [4.69, 9.17) is 14.4 Å². The fraction of sp³-hybridized carbons (Fsp3) is 0.267. The predicted octanol–water partition coefficient (Wildman–Crippen LogP) is 2.28. The van der Waals surface area contributed by atoms with Crippen LogP contribution in [0.25, 0.3) is 0 Å². The second kappa shape index (κ2) is 7.43. The maximum atomic E-state index is 13.4. The maximum absolute atomic E-state index is 13.4. The summed E-state index contributed by atoms with van der Waals surface area (Å²) in [5.41, 5.74) is 0.281. The Hall–Kier alpha value is -2.36. The SMILES string of the molecule is N#Cc1c(F)cccc1NCC(O)COCc1ccco1. The van der Waals surface area contributed by atoms with Crippen LogP contribution in [0.2, 0.25) is 0 Å². The first kappa shape index (κ1) is 15.0. The van der Waals surface area contributed by atoms with Crippen LogP contribution in [0.3, 0.4) is 0 Å². The van der Waals surface area contributed by atoms with Gasteiger partial charge in [0.25, 0.3) is 0 Å². The fourth-order valence-electron chi connectivity index (χ4n) is 1.76. The molecule has 6 heteroatoms. The van der Waals surface area contributed by atoms with Crippen molar-refractivity contribution in [2.24, 2.45) is 0 Å². The van der Waals surface area contributed by atoms with E-state index >= 15 is 0 Å². The van der Waals surface area contributed by atoms with Crippen LogP contribution in [0.15, 0.2) is 41.0 Å². The van der Waals surface area contributed by atoms with Crippen molar-refractivity contribution in [3.63, 3.8) is 0 Å². The summed E-state index contributed by atoms with van der Waals surface area (Å²) in [6.07, 6.45) is 0.763. The number of aliphatic hydroxyl groups is 1. The molecule has 5 nitrogen and oxygen atoms in total. The first-order chi connectivity index (χ1) is 10.2. The molecule has 0 radical (unpaired) electrons. The number of anilines is 1. The van der Waals surface area contributed by atoms with Crippen molar-refractivity contribution in [2.45, 2.75) is 12.7 Å². The molecule has 21 heavy (non-hydrogen) atoms. The van der Waals surface area contributed by atoms with Gasteiger partial charge < -0.3 is 19.6 Å². The Balaban J connectivity index is 1.77. The minimum atomic E-state index is -0.783. The van der Waals surface area contributed by atoms with Crippen LogP contribution in [0.5, 0.6) is 0 Å². The highest BCUT2D eigenvalue weighted by Crippen LogP contribution is 2.17. The molecule has 0 saturated heterocycles. The molecule has 0 fully saturated rings. The second-order valence-electron chi connectivity index (χ2n) is 4.40. The first-order valence-electron chi connectivity index (χ1n) is 6.41. The van der Waals surface area contributed by atoms with Crippen LogP contribution < -0.4 is 5.32 Å². The Morgan fingerprint density at radius 1 is 1.38 bits per heavy atom. The molecule has 0 bridgehead atoms. The van der Waals surface area contributed by atoms with E-state index < -0.39 is 11.9 Å². The van der Waals surface area contributed by atoms with Crippen molar-refractivity contribution >= 4 is 5.69 Å². The lowest BCUT2D eigenvalue weighted by molar-refractivity contribution is 0.0282. The first-order valence-corrected chi connectivity index (χ1v) is 6.41. The zero-order chi connectivity index (χ0) is 15.1. The molecule has 1 unspecified atom stereocenters. The summed E-state index contributed by atoms with van der Waals surface area (Å²) >= 11 is 0. The zero-order valence-corrected chi connectivity index (χ0v) is 11.3. The lowest BCUT2D eigenvalue weighted by Crippen LogP contribution is -2.25. The molecule has 1 atom stereocenters. The van der Waals surface area contributed by atoms with E-state index in [1.54, 1.807) is 30.5 Å². The Morgan fingerprint density at radius 3 is 2.95 bits per heavy atom. The Labute approximate surface area is 121 Å². The number of furan rings is 1. The minimum Gasteiger partial charge on any atom is -0.467 e. The number of nitrogens with zero attached hydrogens (tertiary/aromatic N) is 1. The molecular formula is C15H15FN2O3. The van der Waals surface area contributed by atoms with Crippen LogP contribution >= 0.6 is 0 Å². The highest BCUT2D eigenvalue weighted by molar-refractivity contribution is 5.57. The van der Waals surface area contributed by atoms with Crippen LogP contribution in [0, 0.1) is 17.1 Å². The molecule has 110 valence electrons. The number of ether oxygens (including phenoxy) is 1. The number of aliphatic hydroxyl groups excluding tert-OH is 1. The molecule has 0 spiro atoms. The molecule has 2 N–H and O–H groups in total. The van der Waals surface area contributed by atoms with E-state index in [2.05, 4.69) is 5.32 Å². The molecule has 0 saturated carbocycles. The fourth-order valence-corrected chi connectivity index (χ4v) is 1.76. The molecule has 2 rings (SSSR count). The lowest BCUT2D eigenvalue weighted by atomic mass is 10.2. The van der Waals surface area contributed by atoms with E-state index in [-0.39, 0.29) is 25.3 Å². The van der Waals surface area contributed by atoms with Crippen LogP contribution in [0.4, 0.5) is 10.1 Å². The van der Waals surface area contributed by atoms with Gasteiger partial charge in [-0.1, -0.05) is 6.07 Å². The summed E-state index contributed by atoms with van der Waals surface area (Å²) in [5, 5.41) is 21.5. The van der Waals surface area contributed by atoms with Gasteiger partial charge in [-0.15, -0.1) is 0 Å². The standard InChI is InChI=1S/C15H15FN2O3/c16-14-4-1-5-15(13(14)7-17)18-8-11(19)9-20-10-12-3-2-6-21-12/h1-6,11,18-19H,8-10H2. The van der Waals surface area contributed by atoms with Gasteiger partial charge in [0.2, 0.25) is 0 Å². The van der Waals surface area contributed by atoms with Gasteiger partial charge in [0.1, 0.15) is 29.8 Å². The number of rotatable bonds is 7. The number of hydrogen-bond donors (Lipinski definition) is 2. The predicted molar refractivity (Wildman–Crippen MR) is 74.0 cm³/mol. The second-order valence-corrected chi connectivity index (χ2v) is 4.40. The van der Waals surface area contributed by atoms with Crippen molar-refractivity contribution in [2.75, 3.05) is 18.5 Å². The third-order valence-electron chi connectivity index (χ3n) is 2.79. The summed E-state index contributed by atoms with van der Waals surface area (Å²) in [7, 11) is 0. The summed E-state index contributed by atoms with van der Waals surface area (Å²) < 4.78 is 23.7. The van der Waals surface area contributed by atoms with Crippen molar-refractivity contribution < 1.29 is 18.7 Å². The molecule has 0 aliphatic rings. The van der Waals surface area contributed by atoms with E-state index in [1.807, 2.05) is 0 Å². The summed E-state index contributed by atoms with van der Waals surface area (Å²) in [5.74, 6) is 0.0816. The molecule has 0 aliphatic carbocycles. The minimum absolute atomic E-state index is 0.0683. The van der Waals surface area contributed by atoms with Crippen molar-refractivity contribution in [3.05, 3.63) is 53.7 Å². The van der Waals surface area contributed by atoms with Crippen molar-refractivity contribution in [1.82, 2.24) is 0 Å². The number of nitrogens with one attached hydrogen (secondary N) is 1. The van der Waals surface area contributed by atoms with Crippen LogP contribution in [-0.4, -0.2) is 24.4 Å². The third kappa shape index (κ3) is 4.31. The topological polar surface area (TPSA) is 78.4 Å². The number of hydrogen-bond acceptors (Lipinski definition) is 5. The van der Waals surface area contributed by atoms with Gasteiger partial charge in [-0.3, -0.25) is 0 Å². The molecule has 0 aliphatic heterocycles. The Morgan fingerprint density at radius 2 is 2.24 bits per heavy atom. The summed E-state index contributed by atoms with van der Waals surface area (Å²) in [4.78, 5) is 0. The smallest absolute Gasteiger partial charge is 0.143 e. The Kier molecular flexibility index (Phi) is 5.32. The highest BCUT2D eigenvalue weighted by atomic mass is 19.1. The molecule has 1 heterocycles. The number of halogens is 1. The Bertz CT molecular complexity index is 608. The quantitative estimate of drug-likeness (QED) is 0.818. The van der Waals surface area contributed by atoms with Gasteiger partial charge in [-0.2, -0.15) is 5.26 Å². The largest absolute Gasteiger partial charge is 0.467 e. The number of nitriles is 1. The van der Waals surface area contributed by atoms with Crippen molar-refractivity contribution in [3.8, 4) is 6.07 Å². The monoisotopic (exact) mass is 290 g/mol. The maximum Gasteiger partial charge on any atom is 0.143 e. The highest BCUT2D eigenvalue weighted by Gasteiger charge is 2.10. The van der Waals surface area contributed by atoms with Gasteiger partial charge in [0.15, 0.2) is 0 Å². The lowest BCUT2D eigenvalue weighted by Gasteiger charge is -2.13. The van der Waals surface area contributed by atoms with Gasteiger partial charge in [0.05, 0.1) is 24.7 Å². The average Bonchev–Trinajstić information content (AvgIpc) is 2.98. The van der Waals surface area contributed by atoms with Crippen LogP contribution in [0.1, 0.15) is 11.3 Å². The molecular weight excluding hydrogens is 275 g/mol. The zero-order valence-electron chi connectivity index (χ0n) is 11.3. The van der Waals surface area contributed by atoms with E-state index in [0.29, 0.717) is 11.4 Å². The van der Waals surface area contributed by atoms with Gasteiger partial charge in [0, 0.05) is 6.54 Å². The van der Waals surface area contributed by atoms with Crippen LogP contribution in [-0.2, 0) is 11.3 Å². The average molecular weight is 290 g/mol. The van der Waals surface area contributed by atoms with Gasteiger partial charge >= 0.3 is 0 Å². The van der Waals surface area contributed by atoms with E-state index in [0.717, 1.165) is 0 Å². The molecule has 1 aromatic carbocycles. The third-order valence-corrected chi connectivity index (χ3v) is 2.79. The molecule has 1 aromatic heterocycles. The van der Waals surface area contributed by atoms with E-state index in [1.165, 1.54) is 12.1 Å².